The van der Waals surface area contributed by atoms with E-state index in [1.54, 1.807) is 13.8 Å². The van der Waals surface area contributed by atoms with Gasteiger partial charge in [-0.2, -0.15) is 0 Å². The molecule has 106 valence electrons. The summed E-state index contributed by atoms with van der Waals surface area (Å²) in [6.45, 7) is 3.47. The molecule has 0 amide bonds. The van der Waals surface area contributed by atoms with E-state index in [0.717, 1.165) is 5.56 Å². The predicted octanol–water partition coefficient (Wildman–Crippen LogP) is 2.21. The monoisotopic (exact) mass is 274 g/mol. The Hall–Kier alpha value is -2.25. The highest BCUT2D eigenvalue weighted by atomic mass is 16.5. The van der Waals surface area contributed by atoms with E-state index in [0.29, 0.717) is 12.4 Å². The highest BCUT2D eigenvalue weighted by molar-refractivity contribution is 5.82. The summed E-state index contributed by atoms with van der Waals surface area (Å²) < 4.78 is 10.4. The minimum absolute atomic E-state index is 0.243. The molecule has 1 aromatic carbocycles. The molecule has 0 fully saturated rings. The van der Waals surface area contributed by atoms with Gasteiger partial charge < -0.3 is 14.6 Å². The second kappa shape index (κ2) is 8.78. The zero-order valence-corrected chi connectivity index (χ0v) is 11.6. The van der Waals surface area contributed by atoms with Crippen LogP contribution >= 0.6 is 0 Å². The first-order chi connectivity index (χ1) is 9.67. The van der Waals surface area contributed by atoms with Gasteiger partial charge in [-0.1, -0.05) is 42.2 Å². The standard InChI is InChI=1S/C16H18O4/c1-3-19-16(18)12-13(2)20-15(10-7-11-17)14-8-5-4-6-9-14/h4-6,8-9,12,15,17H,3,11H2,1-2H3/b13-12+. The van der Waals surface area contributed by atoms with Crippen molar-refractivity contribution in [3.63, 3.8) is 0 Å². The molecule has 0 heterocycles. The van der Waals surface area contributed by atoms with Crippen molar-refractivity contribution in [3.05, 3.63) is 47.7 Å². The molecule has 1 atom stereocenters. The van der Waals surface area contributed by atoms with Gasteiger partial charge >= 0.3 is 5.97 Å². The topological polar surface area (TPSA) is 55.8 Å². The van der Waals surface area contributed by atoms with Crippen LogP contribution in [0.25, 0.3) is 0 Å². The van der Waals surface area contributed by atoms with Crippen molar-refractivity contribution >= 4 is 5.97 Å². The molecule has 20 heavy (non-hydrogen) atoms. The molecule has 0 aliphatic heterocycles. The van der Waals surface area contributed by atoms with Crippen LogP contribution in [0.15, 0.2) is 42.2 Å². The summed E-state index contributed by atoms with van der Waals surface area (Å²) in [5, 5.41) is 8.79. The fourth-order valence-corrected chi connectivity index (χ4v) is 1.52. The lowest BCUT2D eigenvalue weighted by molar-refractivity contribution is -0.137. The van der Waals surface area contributed by atoms with Crippen LogP contribution in [0.5, 0.6) is 0 Å². The molecule has 4 heteroatoms. The van der Waals surface area contributed by atoms with Crippen LogP contribution in [0, 0.1) is 11.8 Å². The second-order valence-corrected chi connectivity index (χ2v) is 3.89. The van der Waals surface area contributed by atoms with Gasteiger partial charge in [0.05, 0.1) is 12.7 Å². The minimum Gasteiger partial charge on any atom is -0.477 e. The molecule has 1 aromatic rings. The van der Waals surface area contributed by atoms with Gasteiger partial charge in [-0.3, -0.25) is 0 Å². The van der Waals surface area contributed by atoms with Gasteiger partial charge in [0.1, 0.15) is 12.4 Å². The van der Waals surface area contributed by atoms with Crippen molar-refractivity contribution in [3.8, 4) is 11.8 Å². The summed E-state index contributed by atoms with van der Waals surface area (Å²) in [6, 6.07) is 9.37. The summed E-state index contributed by atoms with van der Waals surface area (Å²) in [4.78, 5) is 11.3. The van der Waals surface area contributed by atoms with E-state index in [4.69, 9.17) is 14.6 Å². The van der Waals surface area contributed by atoms with Gasteiger partial charge in [-0.05, 0) is 13.8 Å². The first kappa shape index (κ1) is 15.8. The molecule has 0 bridgehead atoms. The van der Waals surface area contributed by atoms with Crippen LogP contribution in [-0.2, 0) is 14.3 Å². The smallest absolute Gasteiger partial charge is 0.334 e. The molecule has 4 nitrogen and oxygen atoms in total. The molecule has 0 aliphatic carbocycles. The highest BCUT2D eigenvalue weighted by Gasteiger charge is 2.10. The molecule has 0 aromatic heterocycles. The minimum atomic E-state index is -0.533. The largest absolute Gasteiger partial charge is 0.477 e. The zero-order chi connectivity index (χ0) is 14.8. The number of ether oxygens (including phenoxy) is 2. The van der Waals surface area contributed by atoms with Crippen molar-refractivity contribution in [1.82, 2.24) is 0 Å². The van der Waals surface area contributed by atoms with Gasteiger partial charge in [-0.15, -0.1) is 0 Å². The molecule has 0 saturated carbocycles. The van der Waals surface area contributed by atoms with Crippen LogP contribution in [-0.4, -0.2) is 24.3 Å². The van der Waals surface area contributed by atoms with E-state index in [1.165, 1.54) is 6.08 Å². The molecule has 1 rings (SSSR count). The van der Waals surface area contributed by atoms with Crippen LogP contribution in [0.1, 0.15) is 25.5 Å². The Kier molecular flexibility index (Phi) is 6.94. The van der Waals surface area contributed by atoms with E-state index in [9.17, 15) is 4.79 Å². The first-order valence-electron chi connectivity index (χ1n) is 6.33. The number of carbonyl (C=O) groups excluding carboxylic acids is 1. The van der Waals surface area contributed by atoms with E-state index < -0.39 is 12.1 Å². The van der Waals surface area contributed by atoms with Gasteiger partial charge in [0.15, 0.2) is 6.10 Å². The Morgan fingerprint density at radius 3 is 2.70 bits per heavy atom. The van der Waals surface area contributed by atoms with Crippen molar-refractivity contribution in [2.24, 2.45) is 0 Å². The Balaban J connectivity index is 2.83. The van der Waals surface area contributed by atoms with Gasteiger partial charge in [0, 0.05) is 5.56 Å². The zero-order valence-electron chi connectivity index (χ0n) is 11.6. The maximum Gasteiger partial charge on any atom is 0.334 e. The average molecular weight is 274 g/mol. The number of esters is 1. The summed E-state index contributed by atoms with van der Waals surface area (Å²) in [7, 11) is 0. The Labute approximate surface area is 119 Å². The fourth-order valence-electron chi connectivity index (χ4n) is 1.52. The maximum atomic E-state index is 11.3. The third kappa shape index (κ3) is 5.59. The molecule has 0 spiro atoms. The quantitative estimate of drug-likeness (QED) is 0.387. The van der Waals surface area contributed by atoms with Crippen molar-refractivity contribution in [2.45, 2.75) is 20.0 Å². The lowest BCUT2D eigenvalue weighted by Crippen LogP contribution is -2.05. The third-order valence-corrected chi connectivity index (χ3v) is 2.33. The molecule has 1 unspecified atom stereocenters. The van der Waals surface area contributed by atoms with Gasteiger partial charge in [-0.25, -0.2) is 4.79 Å². The lowest BCUT2D eigenvalue weighted by atomic mass is 10.1. The van der Waals surface area contributed by atoms with E-state index in [-0.39, 0.29) is 6.61 Å². The molecule has 0 radical (unpaired) electrons. The third-order valence-electron chi connectivity index (χ3n) is 2.33. The average Bonchev–Trinajstić information content (AvgIpc) is 2.44. The number of allylic oxidation sites excluding steroid dienone is 1. The number of aliphatic hydroxyl groups is 1. The molecular weight excluding hydrogens is 256 g/mol. The normalized spacial score (nSPS) is 12.1. The van der Waals surface area contributed by atoms with Gasteiger partial charge in [0.2, 0.25) is 0 Å². The molecule has 0 aliphatic rings. The Bertz CT molecular complexity index is 508. The SMILES string of the molecule is CCOC(=O)/C=C(\C)OC(C#CCO)c1ccccc1. The van der Waals surface area contributed by atoms with Crippen LogP contribution < -0.4 is 0 Å². The van der Waals surface area contributed by atoms with E-state index in [1.807, 2.05) is 30.3 Å². The highest BCUT2D eigenvalue weighted by Crippen LogP contribution is 2.19. The van der Waals surface area contributed by atoms with Crippen LogP contribution in [0.3, 0.4) is 0 Å². The van der Waals surface area contributed by atoms with E-state index >= 15 is 0 Å². The first-order valence-corrected chi connectivity index (χ1v) is 6.33. The number of aliphatic hydroxyl groups excluding tert-OH is 1. The van der Waals surface area contributed by atoms with E-state index in [2.05, 4.69) is 11.8 Å². The maximum absolute atomic E-state index is 11.3. The lowest BCUT2D eigenvalue weighted by Gasteiger charge is -2.14. The molecule has 0 saturated heterocycles. The Morgan fingerprint density at radius 2 is 2.10 bits per heavy atom. The summed E-state index contributed by atoms with van der Waals surface area (Å²) >= 11 is 0. The number of rotatable bonds is 5. The van der Waals surface area contributed by atoms with Crippen molar-refractivity contribution < 1.29 is 19.4 Å². The number of benzene rings is 1. The van der Waals surface area contributed by atoms with Crippen LogP contribution in [0.2, 0.25) is 0 Å². The summed E-state index contributed by atoms with van der Waals surface area (Å²) in [5.41, 5.74) is 0.852. The van der Waals surface area contributed by atoms with Crippen molar-refractivity contribution in [1.29, 1.82) is 0 Å². The second-order valence-electron chi connectivity index (χ2n) is 3.89. The van der Waals surface area contributed by atoms with Crippen LogP contribution in [0.4, 0.5) is 0 Å². The van der Waals surface area contributed by atoms with Gasteiger partial charge in [0.25, 0.3) is 0 Å². The molecular formula is C16H18O4. The van der Waals surface area contributed by atoms with Crippen molar-refractivity contribution in [2.75, 3.05) is 13.2 Å². The summed E-state index contributed by atoms with van der Waals surface area (Å²) in [6.07, 6.45) is 0.745. The molecule has 1 N–H and O–H groups in total. The number of carbonyl (C=O) groups is 1. The Morgan fingerprint density at radius 1 is 1.40 bits per heavy atom. The predicted molar refractivity (Wildman–Crippen MR) is 75.5 cm³/mol. The number of hydrogen-bond donors (Lipinski definition) is 1. The fraction of sp³-hybridized carbons (Fsp3) is 0.312. The summed E-state index contributed by atoms with van der Waals surface area (Å²) in [5.74, 6) is 5.33. The number of hydrogen-bond acceptors (Lipinski definition) is 4.